The van der Waals surface area contributed by atoms with Crippen LogP contribution >= 0.6 is 23.1 Å². The van der Waals surface area contributed by atoms with Gasteiger partial charge in [-0.25, -0.2) is 9.37 Å². The number of thiophene rings is 1. The van der Waals surface area contributed by atoms with Crippen molar-refractivity contribution in [2.24, 2.45) is 0 Å². The first kappa shape index (κ1) is 20.1. The van der Waals surface area contributed by atoms with Crippen LogP contribution in [0.2, 0.25) is 0 Å². The van der Waals surface area contributed by atoms with Crippen molar-refractivity contribution in [2.75, 3.05) is 11.1 Å². The quantitative estimate of drug-likeness (QED) is 0.453. The normalized spacial score (nSPS) is 14.6. The molecule has 0 aliphatic heterocycles. The highest BCUT2D eigenvalue weighted by Crippen LogP contribution is 2.34. The number of carbonyl (C=O) groups is 1. The summed E-state index contributed by atoms with van der Waals surface area (Å²) >= 11 is 2.80. The molecule has 5 nitrogen and oxygen atoms in total. The molecule has 152 valence electrons. The smallest absolute Gasteiger partial charge is 0.263 e. The third-order valence-electron chi connectivity index (χ3n) is 5.35. The zero-order chi connectivity index (χ0) is 20.5. The SMILES string of the molecule is Cc1sc2nc(SCC(=O)Nc3ccc(F)cc3)n(C3CCCC3)c(=O)c2c1C. The van der Waals surface area contributed by atoms with Crippen LogP contribution in [-0.2, 0) is 4.79 Å². The summed E-state index contributed by atoms with van der Waals surface area (Å²) < 4.78 is 14.8. The molecule has 2 aromatic heterocycles. The molecular weight excluding hydrogens is 409 g/mol. The van der Waals surface area contributed by atoms with Crippen LogP contribution < -0.4 is 10.9 Å². The predicted octanol–water partition coefficient (Wildman–Crippen LogP) is 5.06. The van der Waals surface area contributed by atoms with Crippen LogP contribution in [0, 0.1) is 19.7 Å². The number of nitrogens with one attached hydrogen (secondary N) is 1. The van der Waals surface area contributed by atoms with Gasteiger partial charge >= 0.3 is 0 Å². The zero-order valence-corrected chi connectivity index (χ0v) is 18.0. The van der Waals surface area contributed by atoms with Gasteiger partial charge in [0, 0.05) is 16.6 Å². The molecule has 0 radical (unpaired) electrons. The maximum atomic E-state index is 13.3. The van der Waals surface area contributed by atoms with Crippen molar-refractivity contribution in [3.05, 3.63) is 50.9 Å². The van der Waals surface area contributed by atoms with Crippen molar-refractivity contribution in [1.29, 1.82) is 0 Å². The highest BCUT2D eigenvalue weighted by molar-refractivity contribution is 7.99. The summed E-state index contributed by atoms with van der Waals surface area (Å²) in [6, 6.07) is 5.79. The summed E-state index contributed by atoms with van der Waals surface area (Å²) in [5, 5.41) is 4.06. The minimum absolute atomic E-state index is 0.00481. The van der Waals surface area contributed by atoms with Gasteiger partial charge in [0.15, 0.2) is 5.16 Å². The van der Waals surface area contributed by atoms with Crippen molar-refractivity contribution in [2.45, 2.75) is 50.7 Å². The number of benzene rings is 1. The highest BCUT2D eigenvalue weighted by atomic mass is 32.2. The number of halogens is 1. The van der Waals surface area contributed by atoms with Gasteiger partial charge in [-0.2, -0.15) is 0 Å². The third-order valence-corrected chi connectivity index (χ3v) is 7.41. The van der Waals surface area contributed by atoms with Crippen molar-refractivity contribution in [3.63, 3.8) is 0 Å². The number of aryl methyl sites for hydroxylation is 2. The van der Waals surface area contributed by atoms with Gasteiger partial charge in [0.05, 0.1) is 11.1 Å². The number of fused-ring (bicyclic) bond motifs is 1. The Hall–Kier alpha value is -2.19. The van der Waals surface area contributed by atoms with Gasteiger partial charge in [-0.3, -0.25) is 14.2 Å². The third kappa shape index (κ3) is 4.09. The van der Waals surface area contributed by atoms with Gasteiger partial charge in [-0.15, -0.1) is 11.3 Å². The lowest BCUT2D eigenvalue weighted by Crippen LogP contribution is -2.27. The fourth-order valence-electron chi connectivity index (χ4n) is 3.73. The number of hydrogen-bond donors (Lipinski definition) is 1. The van der Waals surface area contributed by atoms with E-state index >= 15 is 0 Å². The number of thioether (sulfide) groups is 1. The molecule has 0 atom stereocenters. The number of amides is 1. The summed E-state index contributed by atoms with van der Waals surface area (Å²) in [5.41, 5.74) is 1.54. The number of anilines is 1. The highest BCUT2D eigenvalue weighted by Gasteiger charge is 2.25. The lowest BCUT2D eigenvalue weighted by Gasteiger charge is -2.18. The summed E-state index contributed by atoms with van der Waals surface area (Å²) in [6.07, 6.45) is 4.13. The summed E-state index contributed by atoms with van der Waals surface area (Å²) in [4.78, 5) is 32.3. The molecule has 1 aliphatic carbocycles. The van der Waals surface area contributed by atoms with Crippen LogP contribution in [0.15, 0.2) is 34.2 Å². The molecule has 3 aromatic rings. The second-order valence-electron chi connectivity index (χ2n) is 7.31. The summed E-state index contributed by atoms with van der Waals surface area (Å²) in [7, 11) is 0. The lowest BCUT2D eigenvalue weighted by atomic mass is 10.2. The molecule has 1 aromatic carbocycles. The Kier molecular flexibility index (Phi) is 5.74. The molecule has 1 saturated carbocycles. The van der Waals surface area contributed by atoms with Gasteiger partial charge in [0.1, 0.15) is 10.6 Å². The van der Waals surface area contributed by atoms with Crippen molar-refractivity contribution in [1.82, 2.24) is 9.55 Å². The maximum absolute atomic E-state index is 13.3. The lowest BCUT2D eigenvalue weighted by molar-refractivity contribution is -0.113. The summed E-state index contributed by atoms with van der Waals surface area (Å²) in [5.74, 6) is -0.435. The van der Waals surface area contributed by atoms with Crippen LogP contribution in [-0.4, -0.2) is 21.2 Å². The molecular formula is C21H22FN3O2S2. The van der Waals surface area contributed by atoms with Crippen molar-refractivity contribution in [3.8, 4) is 0 Å². The van der Waals surface area contributed by atoms with Crippen LogP contribution in [0.1, 0.15) is 42.2 Å². The Morgan fingerprint density at radius 1 is 1.28 bits per heavy atom. The van der Waals surface area contributed by atoms with Crippen molar-refractivity contribution < 1.29 is 9.18 Å². The first-order valence-electron chi connectivity index (χ1n) is 9.64. The zero-order valence-electron chi connectivity index (χ0n) is 16.3. The minimum atomic E-state index is -0.350. The molecule has 8 heteroatoms. The Morgan fingerprint density at radius 2 is 1.97 bits per heavy atom. The minimum Gasteiger partial charge on any atom is -0.325 e. The second kappa shape index (κ2) is 8.28. The monoisotopic (exact) mass is 431 g/mol. The topological polar surface area (TPSA) is 64.0 Å². The fourth-order valence-corrected chi connectivity index (χ4v) is 5.67. The van der Waals surface area contributed by atoms with Gasteiger partial charge in [0.25, 0.3) is 5.56 Å². The Morgan fingerprint density at radius 3 is 2.66 bits per heavy atom. The van der Waals surface area contributed by atoms with E-state index in [1.54, 1.807) is 0 Å². The van der Waals surface area contributed by atoms with E-state index in [4.69, 9.17) is 4.98 Å². The molecule has 1 aliphatic rings. The van der Waals surface area contributed by atoms with Gasteiger partial charge in [-0.05, 0) is 56.5 Å². The second-order valence-corrected chi connectivity index (χ2v) is 9.46. The van der Waals surface area contributed by atoms with Gasteiger partial charge in [-0.1, -0.05) is 24.6 Å². The van der Waals surface area contributed by atoms with Crippen molar-refractivity contribution >= 4 is 44.9 Å². The number of nitrogens with zero attached hydrogens (tertiary/aromatic N) is 2. The number of rotatable bonds is 5. The average molecular weight is 432 g/mol. The molecule has 1 amide bonds. The van der Waals surface area contributed by atoms with E-state index in [2.05, 4.69) is 5.32 Å². The Labute approximate surface area is 176 Å². The Bertz CT molecular complexity index is 1120. The largest absolute Gasteiger partial charge is 0.325 e. The number of aromatic nitrogens is 2. The van der Waals surface area contributed by atoms with Crippen LogP contribution in [0.25, 0.3) is 10.2 Å². The standard InChI is InChI=1S/C21H22FN3O2S2/c1-12-13(2)29-19-18(12)20(27)25(16-5-3-4-6-16)21(24-19)28-11-17(26)23-15-9-7-14(22)8-10-15/h7-10,16H,3-6,11H2,1-2H3,(H,23,26). The maximum Gasteiger partial charge on any atom is 0.263 e. The van der Waals surface area contributed by atoms with Crippen LogP contribution in [0.3, 0.4) is 0 Å². The van der Waals surface area contributed by atoms with E-state index in [1.165, 1.54) is 47.4 Å². The van der Waals surface area contributed by atoms with E-state index in [0.717, 1.165) is 41.0 Å². The molecule has 2 heterocycles. The molecule has 0 bridgehead atoms. The number of hydrogen-bond acceptors (Lipinski definition) is 5. The fraction of sp³-hybridized carbons (Fsp3) is 0.381. The first-order valence-corrected chi connectivity index (χ1v) is 11.4. The van der Waals surface area contributed by atoms with E-state index in [9.17, 15) is 14.0 Å². The van der Waals surface area contributed by atoms with E-state index in [-0.39, 0.29) is 29.1 Å². The number of carbonyl (C=O) groups excluding carboxylic acids is 1. The van der Waals surface area contributed by atoms with Crippen LogP contribution in [0.5, 0.6) is 0 Å². The van der Waals surface area contributed by atoms with E-state index in [0.29, 0.717) is 16.2 Å². The van der Waals surface area contributed by atoms with Gasteiger partial charge < -0.3 is 5.32 Å². The summed E-state index contributed by atoms with van der Waals surface area (Å²) in [6.45, 7) is 3.98. The Balaban J connectivity index is 1.61. The predicted molar refractivity (Wildman–Crippen MR) is 117 cm³/mol. The first-order chi connectivity index (χ1) is 13.9. The van der Waals surface area contributed by atoms with E-state index < -0.39 is 0 Å². The molecule has 29 heavy (non-hydrogen) atoms. The molecule has 0 spiro atoms. The molecule has 4 rings (SSSR count). The molecule has 0 unspecified atom stereocenters. The molecule has 1 N–H and O–H groups in total. The van der Waals surface area contributed by atoms with Crippen LogP contribution in [0.4, 0.5) is 10.1 Å². The molecule has 1 fully saturated rings. The van der Waals surface area contributed by atoms with E-state index in [1.807, 2.05) is 18.4 Å². The van der Waals surface area contributed by atoms with Gasteiger partial charge in [0.2, 0.25) is 5.91 Å². The molecule has 0 saturated heterocycles. The average Bonchev–Trinajstić information content (AvgIpc) is 3.31.